The monoisotopic (exact) mass is 414 g/mol. The van der Waals surface area contributed by atoms with Crippen molar-refractivity contribution in [3.05, 3.63) is 107 Å². The van der Waals surface area contributed by atoms with Gasteiger partial charge in [-0.15, -0.1) is 0 Å². The molecule has 0 aliphatic heterocycles. The summed E-state index contributed by atoms with van der Waals surface area (Å²) < 4.78 is 0. The molecule has 4 heteroatoms. The Hall–Kier alpha value is -4.18. The molecule has 0 spiro atoms. The minimum Gasteiger partial charge on any atom is -0.291 e. The van der Waals surface area contributed by atoms with E-state index in [1.54, 1.807) is 12.2 Å². The van der Waals surface area contributed by atoms with E-state index in [0.29, 0.717) is 11.1 Å². The lowest BCUT2D eigenvalue weighted by atomic mass is 9.90. The van der Waals surface area contributed by atoms with Crippen LogP contribution in [0.25, 0.3) is 33.7 Å². The van der Waals surface area contributed by atoms with Crippen molar-refractivity contribution in [1.29, 1.82) is 0 Å². The minimum atomic E-state index is -0.720. The maximum absolute atomic E-state index is 13.1. The molecule has 152 valence electrons. The van der Waals surface area contributed by atoms with Crippen molar-refractivity contribution in [2.24, 2.45) is 10.2 Å². The topological polar surface area (TPSA) is 58.9 Å². The number of benzene rings is 4. The lowest BCUT2D eigenvalue weighted by molar-refractivity contribution is 0.0955. The molecule has 0 radical (unpaired) electrons. The van der Waals surface area contributed by atoms with Gasteiger partial charge < -0.3 is 0 Å². The molecule has 4 nitrogen and oxygen atoms in total. The third-order valence-electron chi connectivity index (χ3n) is 6.14. The fourth-order valence-corrected chi connectivity index (χ4v) is 4.43. The Morgan fingerprint density at radius 3 is 1.31 bits per heavy atom. The molecular weight excluding hydrogens is 396 g/mol. The van der Waals surface area contributed by atoms with Crippen LogP contribution < -0.4 is 0 Å². The number of ketones is 2. The van der Waals surface area contributed by atoms with Crippen molar-refractivity contribution in [3.8, 4) is 0 Å². The number of carbonyl (C=O) groups excluding carboxylic acids is 2. The molecule has 0 amide bonds. The first-order valence-electron chi connectivity index (χ1n) is 10.6. The number of fused-ring (bicyclic) bond motifs is 4. The Kier molecular flexibility index (Phi) is 4.18. The Labute approximate surface area is 184 Å². The van der Waals surface area contributed by atoms with Gasteiger partial charge in [-0.2, -0.15) is 10.2 Å². The van der Waals surface area contributed by atoms with Crippen molar-refractivity contribution in [1.82, 2.24) is 0 Å². The third kappa shape index (κ3) is 3.00. The van der Waals surface area contributed by atoms with Crippen molar-refractivity contribution in [2.45, 2.75) is 12.1 Å². The molecule has 6 rings (SSSR count). The molecule has 0 fully saturated rings. The van der Waals surface area contributed by atoms with Crippen LogP contribution in [-0.4, -0.2) is 23.7 Å². The fourth-order valence-electron chi connectivity index (χ4n) is 4.43. The number of hydrogen-bond acceptors (Lipinski definition) is 4. The summed E-state index contributed by atoms with van der Waals surface area (Å²) in [6.07, 6.45) is 7.32. The number of carbonyl (C=O) groups is 2. The maximum atomic E-state index is 13.1. The zero-order chi connectivity index (χ0) is 21.7. The van der Waals surface area contributed by atoms with Crippen molar-refractivity contribution in [3.63, 3.8) is 0 Å². The number of azo groups is 1. The summed E-state index contributed by atoms with van der Waals surface area (Å²) in [7, 11) is 0. The van der Waals surface area contributed by atoms with Crippen LogP contribution >= 0.6 is 0 Å². The smallest absolute Gasteiger partial charge is 0.193 e. The molecule has 0 saturated carbocycles. The van der Waals surface area contributed by atoms with Gasteiger partial charge in [0.2, 0.25) is 0 Å². The normalized spacial score (nSPS) is 19.6. The van der Waals surface area contributed by atoms with Gasteiger partial charge in [0.15, 0.2) is 23.7 Å². The minimum absolute atomic E-state index is 0.101. The Bertz CT molecular complexity index is 1410. The van der Waals surface area contributed by atoms with Crippen LogP contribution in [0.5, 0.6) is 0 Å². The predicted molar refractivity (Wildman–Crippen MR) is 127 cm³/mol. The van der Waals surface area contributed by atoms with Crippen LogP contribution in [0.3, 0.4) is 0 Å². The van der Waals surface area contributed by atoms with E-state index in [4.69, 9.17) is 0 Å². The maximum Gasteiger partial charge on any atom is 0.193 e. The first-order valence-corrected chi connectivity index (χ1v) is 10.6. The third-order valence-corrected chi connectivity index (χ3v) is 6.14. The summed E-state index contributed by atoms with van der Waals surface area (Å²) in [4.78, 5) is 26.1. The van der Waals surface area contributed by atoms with Crippen molar-refractivity contribution in [2.75, 3.05) is 0 Å². The van der Waals surface area contributed by atoms with Gasteiger partial charge in [-0.25, -0.2) is 0 Å². The van der Waals surface area contributed by atoms with E-state index in [2.05, 4.69) is 10.2 Å². The van der Waals surface area contributed by atoms with E-state index in [1.807, 2.05) is 84.9 Å². The molecule has 2 aliphatic carbocycles. The van der Waals surface area contributed by atoms with E-state index >= 15 is 0 Å². The van der Waals surface area contributed by atoms with Gasteiger partial charge in [0.25, 0.3) is 0 Å². The molecule has 32 heavy (non-hydrogen) atoms. The number of Topliss-reactive ketones (excluding diaryl/α,β-unsaturated/α-hetero) is 2. The largest absolute Gasteiger partial charge is 0.291 e. The van der Waals surface area contributed by atoms with Gasteiger partial charge in [-0.1, -0.05) is 60.7 Å². The Morgan fingerprint density at radius 1 is 0.531 bits per heavy atom. The highest BCUT2D eigenvalue weighted by Crippen LogP contribution is 2.29. The van der Waals surface area contributed by atoms with Gasteiger partial charge >= 0.3 is 0 Å². The molecule has 4 aromatic rings. The van der Waals surface area contributed by atoms with Crippen molar-refractivity contribution < 1.29 is 9.59 Å². The molecular formula is C28H18N2O2. The lowest BCUT2D eigenvalue weighted by Crippen LogP contribution is -2.23. The SMILES string of the molecule is O=C1c2cc3ccccc3cc2C=CC1N=NC1C=Cc2cc3ccccc3cc2C1=O. The fraction of sp³-hybridized carbons (Fsp3) is 0.0714. The molecule has 4 aromatic carbocycles. The van der Waals surface area contributed by atoms with E-state index in [0.717, 1.165) is 32.7 Å². The second kappa shape index (κ2) is 7.20. The van der Waals surface area contributed by atoms with Crippen LogP contribution in [0, 0.1) is 0 Å². The summed E-state index contributed by atoms with van der Waals surface area (Å²) in [5.74, 6) is -0.203. The Balaban J connectivity index is 1.29. The van der Waals surface area contributed by atoms with Gasteiger partial charge in [0.1, 0.15) is 0 Å². The standard InChI is InChI=1S/C28H18N2O2/c31-27-23-15-19-7-3-1-5-17(19)13-21(23)9-11-25(27)29-30-26-12-10-22-14-18-6-2-4-8-20(18)16-24(22)28(26)32/h1-16,25-26H. The zero-order valence-corrected chi connectivity index (χ0v) is 17.1. The second-order valence-corrected chi connectivity index (χ2v) is 8.14. The molecule has 2 aliphatic rings. The van der Waals surface area contributed by atoms with Crippen LogP contribution in [0.1, 0.15) is 31.8 Å². The zero-order valence-electron chi connectivity index (χ0n) is 17.1. The highest BCUT2D eigenvalue weighted by Gasteiger charge is 2.27. The van der Waals surface area contributed by atoms with Crippen LogP contribution in [-0.2, 0) is 0 Å². The van der Waals surface area contributed by atoms with Crippen LogP contribution in [0.4, 0.5) is 0 Å². The molecule has 2 atom stereocenters. The van der Waals surface area contributed by atoms with Gasteiger partial charge in [-0.3, -0.25) is 9.59 Å². The number of nitrogens with zero attached hydrogens (tertiary/aromatic N) is 2. The molecule has 0 N–H and O–H groups in total. The van der Waals surface area contributed by atoms with E-state index < -0.39 is 12.1 Å². The van der Waals surface area contributed by atoms with E-state index in [-0.39, 0.29) is 11.6 Å². The molecule has 2 unspecified atom stereocenters. The van der Waals surface area contributed by atoms with Crippen LogP contribution in [0.2, 0.25) is 0 Å². The summed E-state index contributed by atoms with van der Waals surface area (Å²) in [5.41, 5.74) is 3.04. The van der Waals surface area contributed by atoms with Crippen molar-refractivity contribution >= 4 is 45.3 Å². The van der Waals surface area contributed by atoms with Crippen LogP contribution in [0.15, 0.2) is 95.2 Å². The molecule has 0 saturated heterocycles. The quantitative estimate of drug-likeness (QED) is 0.361. The summed E-state index contributed by atoms with van der Waals surface area (Å²) >= 11 is 0. The number of hydrogen-bond donors (Lipinski definition) is 0. The van der Waals surface area contributed by atoms with E-state index in [9.17, 15) is 9.59 Å². The first kappa shape index (κ1) is 18.6. The average molecular weight is 414 g/mol. The Morgan fingerprint density at radius 2 is 0.906 bits per heavy atom. The van der Waals surface area contributed by atoms with Gasteiger partial charge in [0, 0.05) is 11.1 Å². The number of rotatable bonds is 2. The van der Waals surface area contributed by atoms with E-state index in [1.165, 1.54) is 0 Å². The summed E-state index contributed by atoms with van der Waals surface area (Å²) in [6.45, 7) is 0. The van der Waals surface area contributed by atoms with Gasteiger partial charge in [0.05, 0.1) is 0 Å². The molecule has 0 bridgehead atoms. The molecule has 0 aromatic heterocycles. The summed E-state index contributed by atoms with van der Waals surface area (Å²) in [5, 5.41) is 12.7. The first-order chi connectivity index (χ1) is 15.7. The summed E-state index contributed by atoms with van der Waals surface area (Å²) in [6, 6.07) is 22.3. The highest BCUT2D eigenvalue weighted by atomic mass is 16.1. The average Bonchev–Trinajstić information content (AvgIpc) is 2.83. The highest BCUT2D eigenvalue weighted by molar-refractivity contribution is 6.10. The predicted octanol–water partition coefficient (Wildman–Crippen LogP) is 6.30. The molecule has 0 heterocycles. The van der Waals surface area contributed by atoms with Gasteiger partial charge in [-0.05, 0) is 69.1 Å². The lowest BCUT2D eigenvalue weighted by Gasteiger charge is -2.18. The second-order valence-electron chi connectivity index (χ2n) is 8.14.